The lowest BCUT2D eigenvalue weighted by Crippen LogP contribution is -1.95. The van der Waals surface area contributed by atoms with Gasteiger partial charge in [-0.15, -0.1) is 0 Å². The van der Waals surface area contributed by atoms with Crippen molar-refractivity contribution < 1.29 is 9.50 Å². The lowest BCUT2D eigenvalue weighted by atomic mass is 10.1. The van der Waals surface area contributed by atoms with Gasteiger partial charge in [-0.3, -0.25) is 0 Å². The highest BCUT2D eigenvalue weighted by atomic mass is 19.1. The summed E-state index contributed by atoms with van der Waals surface area (Å²) >= 11 is 0. The van der Waals surface area contributed by atoms with E-state index in [0.29, 0.717) is 16.9 Å². The minimum Gasteiger partial charge on any atom is -0.505 e. The molecule has 0 bridgehead atoms. The van der Waals surface area contributed by atoms with Crippen LogP contribution in [0.4, 0.5) is 21.6 Å². The fourth-order valence-electron chi connectivity index (χ4n) is 2.12. The van der Waals surface area contributed by atoms with E-state index in [9.17, 15) is 9.50 Å². The number of aromatic hydroxyl groups is 1. The smallest absolute Gasteiger partial charge is 0.218 e. The fourth-order valence-corrected chi connectivity index (χ4v) is 2.12. The highest BCUT2D eigenvalue weighted by Crippen LogP contribution is 2.36. The van der Waals surface area contributed by atoms with E-state index in [1.54, 1.807) is 18.2 Å². The molecule has 1 heterocycles. The highest BCUT2D eigenvalue weighted by Gasteiger charge is 2.07. The molecule has 0 aliphatic heterocycles. The van der Waals surface area contributed by atoms with E-state index in [1.807, 2.05) is 12.1 Å². The van der Waals surface area contributed by atoms with Crippen molar-refractivity contribution in [3.05, 3.63) is 48.7 Å². The number of hydrogen-bond acceptors (Lipinski definition) is 6. The number of phenolic OH excluding ortho intramolecular Hbond substituents is 1. The normalized spacial score (nSPS) is 11.2. The second-order valence-electron chi connectivity index (χ2n) is 4.52. The third-order valence-corrected chi connectivity index (χ3v) is 3.08. The summed E-state index contributed by atoms with van der Waals surface area (Å²) in [7, 11) is 1.54. The molecule has 0 saturated carbocycles. The average Bonchev–Trinajstić information content (AvgIpc) is 2.50. The second kappa shape index (κ2) is 5.72. The molecule has 0 aliphatic rings. The molecule has 0 saturated heterocycles. The van der Waals surface area contributed by atoms with Gasteiger partial charge >= 0.3 is 0 Å². The molecule has 0 aliphatic carbocycles. The molecule has 1 aromatic heterocycles. The number of anilines is 2. The predicted octanol–water partition coefficient (Wildman–Crippen LogP) is 3.93. The number of nitrogens with zero attached hydrogens (tertiary/aromatic N) is 4. The summed E-state index contributed by atoms with van der Waals surface area (Å²) in [4.78, 5) is 7.33. The number of fused-ring (bicyclic) bond motifs is 1. The van der Waals surface area contributed by atoms with Crippen LogP contribution in [-0.4, -0.2) is 22.1 Å². The van der Waals surface area contributed by atoms with Gasteiger partial charge in [0.15, 0.2) is 5.75 Å². The number of benzene rings is 2. The Morgan fingerprint density at radius 3 is 2.77 bits per heavy atom. The third kappa shape index (κ3) is 2.69. The fraction of sp³-hybridized carbons (Fsp3) is 0.0667. The van der Waals surface area contributed by atoms with Crippen LogP contribution in [0.3, 0.4) is 0 Å². The van der Waals surface area contributed by atoms with E-state index >= 15 is 0 Å². The van der Waals surface area contributed by atoms with E-state index in [0.717, 1.165) is 17.4 Å². The molecule has 7 heteroatoms. The maximum absolute atomic E-state index is 13.0. The van der Waals surface area contributed by atoms with Crippen LogP contribution >= 0.6 is 0 Å². The zero-order valence-electron chi connectivity index (χ0n) is 11.7. The van der Waals surface area contributed by atoms with Gasteiger partial charge < -0.3 is 10.4 Å². The van der Waals surface area contributed by atoms with E-state index in [4.69, 9.17) is 0 Å². The van der Waals surface area contributed by atoms with Gasteiger partial charge in [-0.2, -0.15) is 14.6 Å². The number of aromatic nitrogens is 2. The lowest BCUT2D eigenvalue weighted by molar-refractivity contribution is 0.482. The monoisotopic (exact) mass is 297 g/mol. The van der Waals surface area contributed by atoms with Crippen LogP contribution in [0.1, 0.15) is 0 Å². The molecule has 2 aromatic carbocycles. The van der Waals surface area contributed by atoms with E-state index in [-0.39, 0.29) is 5.75 Å². The first kappa shape index (κ1) is 13.9. The first-order valence-corrected chi connectivity index (χ1v) is 6.47. The molecule has 0 unspecified atom stereocenters. The largest absolute Gasteiger partial charge is 0.505 e. The Morgan fingerprint density at radius 2 is 2.00 bits per heavy atom. The Morgan fingerprint density at radius 1 is 1.14 bits per heavy atom. The molecule has 3 rings (SSSR count). The molecular formula is C15H12FN5O. The molecule has 110 valence electrons. The van der Waals surface area contributed by atoms with Crippen LogP contribution in [0, 0.1) is 5.95 Å². The Kier molecular flexibility index (Phi) is 3.61. The highest BCUT2D eigenvalue weighted by molar-refractivity contribution is 5.94. The summed E-state index contributed by atoms with van der Waals surface area (Å²) in [6.07, 6.45) is 1.15. The Bertz CT molecular complexity index is 866. The van der Waals surface area contributed by atoms with Gasteiger partial charge in [0.1, 0.15) is 17.8 Å². The summed E-state index contributed by atoms with van der Waals surface area (Å²) in [5.74, 6) is -0.180. The molecule has 0 atom stereocenters. The van der Waals surface area contributed by atoms with Gasteiger partial charge in [0.25, 0.3) is 0 Å². The number of azo groups is 1. The predicted molar refractivity (Wildman–Crippen MR) is 81.3 cm³/mol. The SMILES string of the molecule is CN=Nc1ccc2cc(Nc3cc(F)ncn3)ccc2c1O. The minimum absolute atomic E-state index is 0.0720. The van der Waals surface area contributed by atoms with Crippen molar-refractivity contribution in [2.24, 2.45) is 10.2 Å². The van der Waals surface area contributed by atoms with Crippen LogP contribution in [0.2, 0.25) is 0 Å². The van der Waals surface area contributed by atoms with Gasteiger partial charge in [-0.25, -0.2) is 9.97 Å². The first-order valence-electron chi connectivity index (χ1n) is 6.47. The van der Waals surface area contributed by atoms with Crippen molar-refractivity contribution in [1.29, 1.82) is 0 Å². The van der Waals surface area contributed by atoms with Crippen LogP contribution < -0.4 is 5.32 Å². The van der Waals surface area contributed by atoms with Gasteiger partial charge in [-0.05, 0) is 29.7 Å². The van der Waals surface area contributed by atoms with Crippen LogP contribution in [0.25, 0.3) is 10.8 Å². The molecule has 0 spiro atoms. The van der Waals surface area contributed by atoms with E-state index in [2.05, 4.69) is 25.5 Å². The number of nitrogens with one attached hydrogen (secondary N) is 1. The van der Waals surface area contributed by atoms with Crippen molar-refractivity contribution in [2.75, 3.05) is 12.4 Å². The Hall–Kier alpha value is -3.09. The summed E-state index contributed by atoms with van der Waals surface area (Å²) in [5.41, 5.74) is 1.13. The number of hydrogen-bond donors (Lipinski definition) is 2. The summed E-state index contributed by atoms with van der Waals surface area (Å²) in [6.45, 7) is 0. The van der Waals surface area contributed by atoms with Crippen molar-refractivity contribution >= 4 is 28.0 Å². The number of phenols is 1. The summed E-state index contributed by atoms with van der Waals surface area (Å²) in [5, 5.41) is 22.1. The molecule has 6 nitrogen and oxygen atoms in total. The molecule has 22 heavy (non-hydrogen) atoms. The summed E-state index contributed by atoms with van der Waals surface area (Å²) in [6, 6.07) is 10.0. The first-order chi connectivity index (χ1) is 10.7. The molecule has 3 aromatic rings. The maximum Gasteiger partial charge on any atom is 0.218 e. The van der Waals surface area contributed by atoms with Gasteiger partial charge in [0.2, 0.25) is 5.95 Å². The maximum atomic E-state index is 13.0. The molecule has 2 N–H and O–H groups in total. The topological polar surface area (TPSA) is 82.8 Å². The standard InChI is InChI=1S/C15H12FN5O/c1-17-21-12-5-2-9-6-10(3-4-11(9)15(12)22)20-14-7-13(16)18-8-19-14/h2-8,22H,1H3,(H,18,19,20). The van der Waals surface area contributed by atoms with Crippen LogP contribution in [0.15, 0.2) is 53.0 Å². The van der Waals surface area contributed by atoms with Crippen molar-refractivity contribution in [2.45, 2.75) is 0 Å². The number of halogens is 1. The molecule has 0 radical (unpaired) electrons. The van der Waals surface area contributed by atoms with Gasteiger partial charge in [0.05, 0.1) is 0 Å². The van der Waals surface area contributed by atoms with Crippen LogP contribution in [-0.2, 0) is 0 Å². The van der Waals surface area contributed by atoms with Crippen molar-refractivity contribution in [3.8, 4) is 5.75 Å². The van der Waals surface area contributed by atoms with Gasteiger partial charge in [0, 0.05) is 24.2 Å². The molecular weight excluding hydrogens is 285 g/mol. The Labute approximate surface area is 125 Å². The quantitative estimate of drug-likeness (QED) is 0.566. The lowest BCUT2D eigenvalue weighted by Gasteiger charge is -2.08. The second-order valence-corrected chi connectivity index (χ2v) is 4.52. The van der Waals surface area contributed by atoms with E-state index < -0.39 is 5.95 Å². The van der Waals surface area contributed by atoms with Crippen LogP contribution in [0.5, 0.6) is 5.75 Å². The molecule has 0 fully saturated rings. The van der Waals surface area contributed by atoms with Crippen molar-refractivity contribution in [3.63, 3.8) is 0 Å². The number of rotatable bonds is 3. The zero-order chi connectivity index (χ0) is 15.5. The Balaban J connectivity index is 1.98. The molecule has 0 amide bonds. The van der Waals surface area contributed by atoms with Crippen molar-refractivity contribution in [1.82, 2.24) is 9.97 Å². The third-order valence-electron chi connectivity index (χ3n) is 3.08. The summed E-state index contributed by atoms with van der Waals surface area (Å²) < 4.78 is 13.0. The minimum atomic E-state index is -0.606. The zero-order valence-corrected chi connectivity index (χ0v) is 11.7. The average molecular weight is 297 g/mol. The van der Waals surface area contributed by atoms with E-state index in [1.165, 1.54) is 13.1 Å². The van der Waals surface area contributed by atoms with Gasteiger partial charge in [-0.1, -0.05) is 6.07 Å².